The van der Waals surface area contributed by atoms with Gasteiger partial charge in [0.1, 0.15) is 18.1 Å². The van der Waals surface area contributed by atoms with Crippen molar-refractivity contribution in [3.63, 3.8) is 0 Å². The topological polar surface area (TPSA) is 71.8 Å². The Morgan fingerprint density at radius 2 is 2.06 bits per heavy atom. The molecule has 1 amide bonds. The third kappa shape index (κ3) is 4.17. The molecule has 1 aliphatic heterocycles. The smallest absolute Gasteiger partial charge is 0.229 e. The SMILES string of the molecule is O=C(Nc1cc2c(cn1)OCCN2Cc1cn2cc(C3CC3)ccc2n1)[C@H]1C[C@@H]1c1cccc(Cl)c1. The van der Waals surface area contributed by atoms with E-state index in [0.717, 1.165) is 41.3 Å². The highest BCUT2D eigenvalue weighted by Gasteiger charge is 2.44. The van der Waals surface area contributed by atoms with E-state index in [1.54, 1.807) is 6.20 Å². The Labute approximate surface area is 214 Å². The Kier molecular flexibility index (Phi) is 5.13. The zero-order chi connectivity index (χ0) is 24.2. The molecule has 8 heteroatoms. The van der Waals surface area contributed by atoms with Gasteiger partial charge in [0.05, 0.1) is 30.7 Å². The van der Waals surface area contributed by atoms with Crippen molar-refractivity contribution in [1.29, 1.82) is 0 Å². The van der Waals surface area contributed by atoms with Gasteiger partial charge in [-0.15, -0.1) is 0 Å². The number of halogens is 1. The Morgan fingerprint density at radius 3 is 2.92 bits per heavy atom. The van der Waals surface area contributed by atoms with Crippen LogP contribution in [0.4, 0.5) is 11.5 Å². The summed E-state index contributed by atoms with van der Waals surface area (Å²) in [6.07, 6.45) is 9.41. The third-order valence-corrected chi connectivity index (χ3v) is 7.62. The Bertz CT molecular complexity index is 1480. The van der Waals surface area contributed by atoms with Gasteiger partial charge in [-0.3, -0.25) is 4.79 Å². The molecule has 2 saturated carbocycles. The number of anilines is 2. The number of pyridine rings is 2. The van der Waals surface area contributed by atoms with Gasteiger partial charge in [-0.05, 0) is 60.4 Å². The van der Waals surface area contributed by atoms with Crippen LogP contribution in [0.3, 0.4) is 0 Å². The number of benzene rings is 1. The molecule has 0 spiro atoms. The summed E-state index contributed by atoms with van der Waals surface area (Å²) in [5.74, 6) is 2.10. The van der Waals surface area contributed by atoms with Crippen molar-refractivity contribution >= 4 is 34.7 Å². The van der Waals surface area contributed by atoms with Crippen molar-refractivity contribution in [2.45, 2.75) is 37.6 Å². The normalized spacial score (nSPS) is 20.6. The molecule has 182 valence electrons. The highest BCUT2D eigenvalue weighted by atomic mass is 35.5. The first-order valence-corrected chi connectivity index (χ1v) is 12.9. The van der Waals surface area contributed by atoms with Crippen LogP contribution in [0, 0.1) is 5.92 Å². The monoisotopic (exact) mass is 499 g/mol. The fourth-order valence-corrected chi connectivity index (χ4v) is 5.41. The summed E-state index contributed by atoms with van der Waals surface area (Å²) in [4.78, 5) is 24.4. The molecule has 2 aliphatic carbocycles. The lowest BCUT2D eigenvalue weighted by Gasteiger charge is -2.30. The molecule has 0 bridgehead atoms. The molecule has 2 atom stereocenters. The first kappa shape index (κ1) is 21.7. The van der Waals surface area contributed by atoms with Crippen molar-refractivity contribution in [3.8, 4) is 5.75 Å². The number of carbonyl (C=O) groups is 1. The zero-order valence-corrected chi connectivity index (χ0v) is 20.5. The third-order valence-electron chi connectivity index (χ3n) is 7.39. The van der Waals surface area contributed by atoms with Gasteiger partial charge in [-0.2, -0.15) is 0 Å². The van der Waals surface area contributed by atoms with Crippen LogP contribution in [0.2, 0.25) is 5.02 Å². The highest BCUT2D eigenvalue weighted by Crippen LogP contribution is 2.48. The number of imidazole rings is 1. The lowest BCUT2D eigenvalue weighted by molar-refractivity contribution is -0.117. The lowest BCUT2D eigenvalue weighted by Crippen LogP contribution is -2.32. The molecule has 2 fully saturated rings. The van der Waals surface area contributed by atoms with Gasteiger partial charge in [0.2, 0.25) is 5.91 Å². The van der Waals surface area contributed by atoms with Crippen LogP contribution in [0.1, 0.15) is 47.9 Å². The molecule has 1 N–H and O–H groups in total. The fraction of sp³-hybridized carbons (Fsp3) is 0.321. The molecule has 4 heterocycles. The summed E-state index contributed by atoms with van der Waals surface area (Å²) in [5, 5.41) is 3.71. The molecule has 36 heavy (non-hydrogen) atoms. The highest BCUT2D eigenvalue weighted by molar-refractivity contribution is 6.30. The van der Waals surface area contributed by atoms with Crippen molar-refractivity contribution in [3.05, 3.63) is 82.9 Å². The Balaban J connectivity index is 1.07. The Morgan fingerprint density at radius 1 is 1.14 bits per heavy atom. The van der Waals surface area contributed by atoms with Crippen molar-refractivity contribution in [2.75, 3.05) is 23.4 Å². The second-order valence-corrected chi connectivity index (χ2v) is 10.5. The first-order valence-electron chi connectivity index (χ1n) is 12.5. The summed E-state index contributed by atoms with van der Waals surface area (Å²) >= 11 is 6.12. The van der Waals surface area contributed by atoms with E-state index in [0.29, 0.717) is 29.9 Å². The second kappa shape index (κ2) is 8.52. The van der Waals surface area contributed by atoms with E-state index >= 15 is 0 Å². The molecule has 7 rings (SSSR count). The van der Waals surface area contributed by atoms with Gasteiger partial charge in [0.15, 0.2) is 5.75 Å². The van der Waals surface area contributed by atoms with Gasteiger partial charge in [-0.25, -0.2) is 9.97 Å². The number of carbonyl (C=O) groups excluding carboxylic acids is 1. The van der Waals surface area contributed by atoms with Crippen LogP contribution in [0.5, 0.6) is 5.75 Å². The summed E-state index contributed by atoms with van der Waals surface area (Å²) in [6.45, 7) is 1.99. The van der Waals surface area contributed by atoms with Gasteiger partial charge in [-0.1, -0.05) is 29.8 Å². The summed E-state index contributed by atoms with van der Waals surface area (Å²) in [7, 11) is 0. The van der Waals surface area contributed by atoms with Crippen LogP contribution >= 0.6 is 11.6 Å². The van der Waals surface area contributed by atoms with E-state index in [1.165, 1.54) is 18.4 Å². The maximum Gasteiger partial charge on any atom is 0.229 e. The molecule has 0 radical (unpaired) electrons. The number of aromatic nitrogens is 3. The first-order chi connectivity index (χ1) is 17.6. The molecule has 7 nitrogen and oxygen atoms in total. The minimum atomic E-state index is -0.0628. The van der Waals surface area contributed by atoms with Crippen LogP contribution in [-0.4, -0.2) is 33.4 Å². The molecule has 4 aromatic rings. The molecule has 3 aliphatic rings. The van der Waals surface area contributed by atoms with Crippen LogP contribution in [-0.2, 0) is 11.3 Å². The Hall–Kier alpha value is -3.58. The van der Waals surface area contributed by atoms with Gasteiger partial charge in [0, 0.05) is 29.4 Å². The molecular formula is C28H26ClN5O2. The van der Waals surface area contributed by atoms with Crippen molar-refractivity contribution in [2.24, 2.45) is 5.92 Å². The standard InChI is InChI=1S/C28H26ClN5O2/c29-20-3-1-2-18(10-20)22-11-23(22)28(35)32-26-12-24-25(13-30-26)36-9-8-33(24)15-21-16-34-14-19(17-4-5-17)6-7-27(34)31-21/h1-3,6-7,10,12-14,16-17,22-23H,4-5,8-9,11,15H2,(H,30,32,35)/t22-,23+/m1/s1. The maximum absolute atomic E-state index is 12.9. The van der Waals surface area contributed by atoms with E-state index in [-0.39, 0.29) is 17.7 Å². The van der Waals surface area contributed by atoms with Gasteiger partial charge >= 0.3 is 0 Å². The van der Waals surface area contributed by atoms with Crippen molar-refractivity contribution in [1.82, 2.24) is 14.4 Å². The van der Waals surface area contributed by atoms with Crippen LogP contribution < -0.4 is 15.0 Å². The number of amides is 1. The number of nitrogens with zero attached hydrogens (tertiary/aromatic N) is 4. The van der Waals surface area contributed by atoms with E-state index < -0.39 is 0 Å². The number of hydrogen-bond acceptors (Lipinski definition) is 5. The average molecular weight is 500 g/mol. The maximum atomic E-state index is 12.9. The largest absolute Gasteiger partial charge is 0.488 e. The van der Waals surface area contributed by atoms with Crippen molar-refractivity contribution < 1.29 is 9.53 Å². The second-order valence-electron chi connectivity index (χ2n) is 10.0. The number of hydrogen-bond donors (Lipinski definition) is 1. The molecule has 3 aromatic heterocycles. The number of fused-ring (bicyclic) bond motifs is 2. The predicted octanol–water partition coefficient (Wildman–Crippen LogP) is 5.40. The minimum Gasteiger partial charge on any atom is -0.488 e. The summed E-state index contributed by atoms with van der Waals surface area (Å²) in [6, 6.07) is 14.0. The van der Waals surface area contributed by atoms with Crippen LogP contribution in [0.15, 0.2) is 61.1 Å². The number of nitrogens with one attached hydrogen (secondary N) is 1. The van der Waals surface area contributed by atoms with E-state index in [1.807, 2.05) is 30.3 Å². The molecule has 0 saturated heterocycles. The lowest BCUT2D eigenvalue weighted by atomic mass is 10.1. The molecule has 1 aromatic carbocycles. The summed E-state index contributed by atoms with van der Waals surface area (Å²) < 4.78 is 7.98. The average Bonchev–Trinajstić information content (AvgIpc) is 3.80. The van der Waals surface area contributed by atoms with Gasteiger partial charge < -0.3 is 19.4 Å². The van der Waals surface area contributed by atoms with Crippen LogP contribution in [0.25, 0.3) is 5.65 Å². The minimum absolute atomic E-state index is 0.0116. The van der Waals surface area contributed by atoms with Gasteiger partial charge in [0.25, 0.3) is 0 Å². The van der Waals surface area contributed by atoms with E-state index in [4.69, 9.17) is 21.3 Å². The zero-order valence-electron chi connectivity index (χ0n) is 19.7. The van der Waals surface area contributed by atoms with E-state index in [9.17, 15) is 4.79 Å². The fourth-order valence-electron chi connectivity index (χ4n) is 5.21. The quantitative estimate of drug-likeness (QED) is 0.384. The molecule has 0 unspecified atom stereocenters. The van der Waals surface area contributed by atoms with E-state index in [2.05, 4.69) is 44.1 Å². The molecular weight excluding hydrogens is 474 g/mol. The summed E-state index contributed by atoms with van der Waals surface area (Å²) in [5.41, 5.74) is 5.38. The number of rotatable bonds is 6. The number of ether oxygens (including phenoxy) is 1. The predicted molar refractivity (Wildman–Crippen MR) is 139 cm³/mol.